The Morgan fingerprint density at radius 3 is 2.75 bits per heavy atom. The average molecular weight is 277 g/mol. The van der Waals surface area contributed by atoms with Gasteiger partial charge in [0.25, 0.3) is 0 Å². The van der Waals surface area contributed by atoms with Crippen LogP contribution in [-0.4, -0.2) is 38.3 Å². The molecule has 1 aliphatic heterocycles. The minimum atomic E-state index is -0.654. The minimum absolute atomic E-state index is 0.304. The molecule has 1 aromatic heterocycles. The zero-order valence-corrected chi connectivity index (χ0v) is 12.5. The summed E-state index contributed by atoms with van der Waals surface area (Å²) in [6.45, 7) is 5.71. The van der Waals surface area contributed by atoms with Crippen LogP contribution in [0.4, 0.5) is 0 Å². The summed E-state index contributed by atoms with van der Waals surface area (Å²) in [5, 5.41) is 14.0. The molecule has 5 nitrogen and oxygen atoms in total. The number of fused-ring (bicyclic) bond motifs is 1. The van der Waals surface area contributed by atoms with Gasteiger partial charge in [-0.1, -0.05) is 6.42 Å². The fourth-order valence-electron chi connectivity index (χ4n) is 4.15. The molecule has 1 aliphatic carbocycles. The highest BCUT2D eigenvalue weighted by Crippen LogP contribution is 2.43. The van der Waals surface area contributed by atoms with E-state index >= 15 is 0 Å². The van der Waals surface area contributed by atoms with E-state index in [4.69, 9.17) is 0 Å². The summed E-state index contributed by atoms with van der Waals surface area (Å²) in [6, 6.07) is -0.304. The summed E-state index contributed by atoms with van der Waals surface area (Å²) in [4.78, 5) is 13.8. The molecule has 0 amide bonds. The Labute approximate surface area is 119 Å². The van der Waals surface area contributed by atoms with E-state index in [9.17, 15) is 9.90 Å². The second-order valence-electron chi connectivity index (χ2n) is 6.34. The lowest BCUT2D eigenvalue weighted by Gasteiger charge is -2.24. The SMILES string of the molecule is Cc1nn(C)c(C)c1CN1CC2CCCC2C1C(=O)O. The van der Waals surface area contributed by atoms with E-state index in [0.29, 0.717) is 11.8 Å². The minimum Gasteiger partial charge on any atom is -0.480 e. The Hall–Kier alpha value is -1.36. The summed E-state index contributed by atoms with van der Waals surface area (Å²) in [5.41, 5.74) is 3.36. The van der Waals surface area contributed by atoms with Gasteiger partial charge in [0.05, 0.1) is 5.69 Å². The van der Waals surface area contributed by atoms with Gasteiger partial charge in [-0.3, -0.25) is 14.4 Å². The lowest BCUT2D eigenvalue weighted by molar-refractivity contribution is -0.143. The lowest BCUT2D eigenvalue weighted by Crippen LogP contribution is -2.39. The van der Waals surface area contributed by atoms with Gasteiger partial charge < -0.3 is 5.11 Å². The van der Waals surface area contributed by atoms with E-state index in [-0.39, 0.29) is 6.04 Å². The Morgan fingerprint density at radius 1 is 1.40 bits per heavy atom. The molecule has 0 radical (unpaired) electrons. The molecule has 3 rings (SSSR count). The fourth-order valence-corrected chi connectivity index (χ4v) is 4.15. The molecule has 1 aromatic rings. The first kappa shape index (κ1) is 13.6. The van der Waals surface area contributed by atoms with Crippen LogP contribution in [0, 0.1) is 25.7 Å². The van der Waals surface area contributed by atoms with Crippen molar-refractivity contribution >= 4 is 5.97 Å². The van der Waals surface area contributed by atoms with Gasteiger partial charge in [-0.25, -0.2) is 0 Å². The van der Waals surface area contributed by atoms with Crippen LogP contribution in [0.25, 0.3) is 0 Å². The maximum absolute atomic E-state index is 11.7. The summed E-state index contributed by atoms with van der Waals surface area (Å²) in [7, 11) is 1.94. The van der Waals surface area contributed by atoms with Crippen LogP contribution in [0.5, 0.6) is 0 Å². The second-order valence-corrected chi connectivity index (χ2v) is 6.34. The first-order valence-electron chi connectivity index (χ1n) is 7.45. The quantitative estimate of drug-likeness (QED) is 0.914. The first-order chi connectivity index (χ1) is 9.49. The normalized spacial score (nSPS) is 29.9. The number of rotatable bonds is 3. The van der Waals surface area contributed by atoms with E-state index in [2.05, 4.69) is 16.9 Å². The number of hydrogen-bond donors (Lipinski definition) is 1. The highest BCUT2D eigenvalue weighted by Gasteiger charge is 2.47. The van der Waals surface area contributed by atoms with Crippen molar-refractivity contribution in [2.24, 2.45) is 18.9 Å². The maximum Gasteiger partial charge on any atom is 0.321 e. The molecule has 1 saturated heterocycles. The van der Waals surface area contributed by atoms with Crippen LogP contribution < -0.4 is 0 Å². The van der Waals surface area contributed by atoms with E-state index in [1.807, 2.05) is 18.7 Å². The summed E-state index contributed by atoms with van der Waals surface area (Å²) in [5.74, 6) is 0.275. The van der Waals surface area contributed by atoms with E-state index in [0.717, 1.165) is 30.9 Å². The van der Waals surface area contributed by atoms with Crippen LogP contribution in [0.3, 0.4) is 0 Å². The van der Waals surface area contributed by atoms with Gasteiger partial charge in [-0.15, -0.1) is 0 Å². The van der Waals surface area contributed by atoms with Crippen molar-refractivity contribution in [3.8, 4) is 0 Å². The zero-order valence-electron chi connectivity index (χ0n) is 12.5. The molecule has 2 heterocycles. The molecule has 20 heavy (non-hydrogen) atoms. The number of carboxylic acid groups (broad SMARTS) is 1. The van der Waals surface area contributed by atoms with Crippen molar-refractivity contribution in [1.82, 2.24) is 14.7 Å². The molecular formula is C15H23N3O2. The van der Waals surface area contributed by atoms with Gasteiger partial charge in [0.15, 0.2) is 0 Å². The van der Waals surface area contributed by atoms with Crippen LogP contribution in [0.15, 0.2) is 0 Å². The number of carbonyl (C=O) groups is 1. The monoisotopic (exact) mass is 277 g/mol. The number of likely N-dealkylation sites (tertiary alicyclic amines) is 1. The summed E-state index contributed by atoms with van der Waals surface area (Å²) < 4.78 is 1.89. The Kier molecular flexibility index (Phi) is 3.32. The summed E-state index contributed by atoms with van der Waals surface area (Å²) in [6.07, 6.45) is 3.46. The molecule has 0 bridgehead atoms. The molecule has 1 saturated carbocycles. The van der Waals surface area contributed by atoms with Crippen molar-refractivity contribution in [2.45, 2.75) is 45.7 Å². The predicted molar refractivity (Wildman–Crippen MR) is 75.3 cm³/mol. The first-order valence-corrected chi connectivity index (χ1v) is 7.45. The molecule has 0 spiro atoms. The largest absolute Gasteiger partial charge is 0.480 e. The molecule has 1 N–H and O–H groups in total. The molecule has 110 valence electrons. The number of carboxylic acids is 1. The standard InChI is InChI=1S/C15H23N3O2/c1-9-13(10(2)17(3)16-9)8-18-7-11-5-4-6-12(11)14(18)15(19)20/h11-12,14H,4-8H2,1-3H3,(H,19,20). The molecule has 3 atom stereocenters. The molecule has 0 aromatic carbocycles. The third-order valence-corrected chi connectivity index (χ3v) is 5.26. The molecule has 3 unspecified atom stereocenters. The molecular weight excluding hydrogens is 254 g/mol. The number of aliphatic carboxylic acids is 1. The third-order valence-electron chi connectivity index (χ3n) is 5.26. The van der Waals surface area contributed by atoms with Gasteiger partial charge >= 0.3 is 5.97 Å². The number of aryl methyl sites for hydroxylation is 2. The number of hydrogen-bond acceptors (Lipinski definition) is 3. The third kappa shape index (κ3) is 2.04. The zero-order chi connectivity index (χ0) is 14.4. The fraction of sp³-hybridized carbons (Fsp3) is 0.733. The highest BCUT2D eigenvalue weighted by atomic mass is 16.4. The smallest absolute Gasteiger partial charge is 0.321 e. The second kappa shape index (κ2) is 4.88. The van der Waals surface area contributed by atoms with Gasteiger partial charge in [0.2, 0.25) is 0 Å². The van der Waals surface area contributed by atoms with Crippen LogP contribution in [-0.2, 0) is 18.4 Å². The number of nitrogens with zero attached hydrogens (tertiary/aromatic N) is 3. The molecule has 2 aliphatic rings. The topological polar surface area (TPSA) is 58.4 Å². The van der Waals surface area contributed by atoms with Gasteiger partial charge in [-0.2, -0.15) is 5.10 Å². The van der Waals surface area contributed by atoms with E-state index < -0.39 is 5.97 Å². The Morgan fingerprint density at radius 2 is 2.15 bits per heavy atom. The molecule has 5 heteroatoms. The summed E-state index contributed by atoms with van der Waals surface area (Å²) >= 11 is 0. The van der Waals surface area contributed by atoms with Crippen LogP contribution in [0.1, 0.15) is 36.2 Å². The highest BCUT2D eigenvalue weighted by molar-refractivity contribution is 5.74. The van der Waals surface area contributed by atoms with E-state index in [1.165, 1.54) is 18.4 Å². The van der Waals surface area contributed by atoms with Crippen molar-refractivity contribution in [2.75, 3.05) is 6.54 Å². The predicted octanol–water partition coefficient (Wildman–Crippen LogP) is 1.72. The van der Waals surface area contributed by atoms with Gasteiger partial charge in [0, 0.05) is 31.4 Å². The van der Waals surface area contributed by atoms with Crippen molar-refractivity contribution < 1.29 is 9.90 Å². The maximum atomic E-state index is 11.7. The van der Waals surface area contributed by atoms with Crippen molar-refractivity contribution in [3.63, 3.8) is 0 Å². The van der Waals surface area contributed by atoms with Crippen LogP contribution in [0.2, 0.25) is 0 Å². The average Bonchev–Trinajstić information content (AvgIpc) is 2.98. The van der Waals surface area contributed by atoms with Crippen LogP contribution >= 0.6 is 0 Å². The van der Waals surface area contributed by atoms with Crippen molar-refractivity contribution in [1.29, 1.82) is 0 Å². The number of aromatic nitrogens is 2. The Balaban J connectivity index is 1.84. The lowest BCUT2D eigenvalue weighted by atomic mass is 9.94. The van der Waals surface area contributed by atoms with E-state index in [1.54, 1.807) is 0 Å². The van der Waals surface area contributed by atoms with Gasteiger partial charge in [-0.05, 0) is 38.5 Å². The Bertz CT molecular complexity index is 537. The van der Waals surface area contributed by atoms with Gasteiger partial charge in [0.1, 0.15) is 6.04 Å². The molecule has 2 fully saturated rings. The van der Waals surface area contributed by atoms with Crippen molar-refractivity contribution in [3.05, 3.63) is 17.0 Å².